The van der Waals surface area contributed by atoms with Gasteiger partial charge in [0.25, 0.3) is 0 Å². The lowest BCUT2D eigenvalue weighted by Gasteiger charge is -1.99. The average Bonchev–Trinajstić information content (AvgIpc) is 1.77. The van der Waals surface area contributed by atoms with E-state index in [1.165, 1.54) is 196 Å². The number of thiophene rings is 16. The van der Waals surface area contributed by atoms with E-state index < -0.39 is 0 Å². The summed E-state index contributed by atoms with van der Waals surface area (Å²) in [5, 5.41) is 21.3. The van der Waals surface area contributed by atoms with Crippen LogP contribution in [0, 0.1) is 27.0 Å². The maximum absolute atomic E-state index is 12.0. The second-order valence-corrected chi connectivity index (χ2v) is 50.4. The van der Waals surface area contributed by atoms with E-state index in [1.54, 1.807) is 65.4 Å². The maximum atomic E-state index is 12.0. The molecule has 0 amide bonds. The van der Waals surface area contributed by atoms with Crippen LogP contribution in [-0.2, 0) is 19.3 Å². The molecule has 0 atom stereocenters. The Bertz CT molecular complexity index is 6970. The lowest BCUT2D eigenvalue weighted by atomic mass is 10.1. The lowest BCUT2D eigenvalue weighted by molar-refractivity contribution is 0.0921. The third-order valence-electron chi connectivity index (χ3n) is 20.0. The van der Waals surface area contributed by atoms with Crippen LogP contribution in [0.25, 0.3) is 9.69 Å². The van der Waals surface area contributed by atoms with Crippen LogP contribution >= 0.6 is 257 Å². The van der Waals surface area contributed by atoms with Crippen LogP contribution < -0.4 is 0 Å². The Morgan fingerprint density at radius 2 is 0.517 bits per heavy atom. The summed E-state index contributed by atoms with van der Waals surface area (Å²) in [6, 6.07) is 45.6. The molecular weight excluding hydrogens is 2430 g/mol. The molecule has 18 nitrogen and oxygen atoms in total. The molecule has 0 fully saturated rings. The minimum Gasteiger partial charge on any atom is -0.295 e. The minimum absolute atomic E-state index is 0.00779. The Morgan fingerprint density at radius 3 is 0.759 bits per heavy atom. The molecule has 0 spiro atoms. The number of hydrogen-bond donors (Lipinski definition) is 0. The summed E-state index contributed by atoms with van der Waals surface area (Å²) in [7, 11) is 0. The van der Waals surface area contributed by atoms with Gasteiger partial charge < -0.3 is 0 Å². The highest BCUT2D eigenvalue weighted by atomic mass is 79.9. The molecule has 0 saturated carbocycles. The number of aryl methyl sites for hydroxylation is 5. The van der Waals surface area contributed by atoms with Crippen LogP contribution in [0.1, 0.15) is 303 Å². The quantitative estimate of drug-likeness (QED) is 0.0253. The van der Waals surface area contributed by atoms with Crippen LogP contribution in [0.5, 0.6) is 0 Å². The van der Waals surface area contributed by atoms with E-state index in [9.17, 15) is 76.7 Å². The molecule has 0 bridgehead atoms. The number of halogens is 5. The smallest absolute Gasteiger partial charge is 0.241 e. The Labute approximate surface area is 941 Å². The summed E-state index contributed by atoms with van der Waals surface area (Å²) in [5.41, 5.74) is 1.46. The van der Waals surface area contributed by atoms with Crippen molar-refractivity contribution >= 4 is 360 Å². The number of rotatable bonds is 43. The number of ketones is 16. The lowest BCUT2D eigenvalue weighted by Crippen LogP contribution is -2.03. The zero-order chi connectivity index (χ0) is 105. The summed E-state index contributed by atoms with van der Waals surface area (Å²) in [6.07, 6.45) is 6.99. The van der Waals surface area contributed by atoms with E-state index >= 15 is 0 Å². The van der Waals surface area contributed by atoms with Gasteiger partial charge >= 0.3 is 0 Å². The van der Waals surface area contributed by atoms with Crippen molar-refractivity contribution in [1.82, 2.24) is 0 Å². The first kappa shape index (κ1) is 120. The zero-order valence-corrected chi connectivity index (χ0v) is 98.2. The summed E-state index contributed by atoms with van der Waals surface area (Å²) < 4.78 is 3.20. The monoisotopic (exact) mass is 2510 g/mol. The summed E-state index contributed by atoms with van der Waals surface area (Å²) >= 11 is 41.5. The molecule has 0 aliphatic heterocycles. The highest BCUT2D eigenvalue weighted by Gasteiger charge is 2.24. The molecule has 0 radical (unpaired) electrons. The first-order valence-corrected chi connectivity index (χ1v) is 61.6. The van der Waals surface area contributed by atoms with Gasteiger partial charge in [0.2, 0.25) is 10.7 Å². The van der Waals surface area contributed by atoms with Gasteiger partial charge in [0, 0.05) is 146 Å². The Morgan fingerprint density at radius 1 is 0.255 bits per heavy atom. The SMILES string of the molecule is CCc1ccc(C(=O)CCC(=O)c2ccc(CC)s2)s1.CCc1ccc(C(=O)CCC(=O)c2cccs2)s1.Cc1csc(C(=O)CCC(=O)c2cc(Cl)cs2)c1.O=C(CCC(=O)c1cccs1)c1cccs1.O=C(CCC(=O)c1sccc1Br)c1cccs1.O=C(CCC(=O)c1sccc1Br)c1sccc1Br.[C-]#[N+]c1ccc(C(=O)CCC(=O)c2ccc(C)s2)s1.[C-]#[N+]c1ccsc1C(=O)CCC(=O)c1sccc1Br. The highest BCUT2D eigenvalue weighted by molar-refractivity contribution is 9.11. The molecule has 750 valence electrons. The fourth-order valence-electron chi connectivity index (χ4n) is 12.4. The van der Waals surface area contributed by atoms with Crippen LogP contribution in [0.15, 0.2) is 229 Å². The predicted octanol–water partition coefficient (Wildman–Crippen LogP) is 36.4. The molecule has 16 heterocycles. The summed E-state index contributed by atoms with van der Waals surface area (Å²) in [4.78, 5) is 212. The largest absolute Gasteiger partial charge is 0.295 e. The first-order chi connectivity index (χ1) is 69.7. The Balaban J connectivity index is 0.000000185. The predicted molar refractivity (Wildman–Crippen MR) is 618 cm³/mol. The molecule has 0 aliphatic rings. The maximum Gasteiger partial charge on any atom is 0.241 e. The second-order valence-electron chi connectivity index (χ2n) is 30.5. The fraction of sp³-hybridized carbons (Fsp3) is 0.226. The van der Waals surface area contributed by atoms with Crippen molar-refractivity contribution in [2.75, 3.05) is 0 Å². The molecular formula is C106H89Br4ClN2O16S16. The molecule has 0 aliphatic carbocycles. The molecule has 39 heteroatoms. The van der Waals surface area contributed by atoms with Crippen molar-refractivity contribution in [3.63, 3.8) is 0 Å². The van der Waals surface area contributed by atoms with Crippen LogP contribution in [0.3, 0.4) is 0 Å². The molecule has 145 heavy (non-hydrogen) atoms. The summed E-state index contributed by atoms with van der Waals surface area (Å²) in [6.45, 7) is 23.9. The average molecular weight is 2520 g/mol. The van der Waals surface area contributed by atoms with Gasteiger partial charge in [-0.15, -0.1) is 159 Å². The van der Waals surface area contributed by atoms with Gasteiger partial charge in [0.1, 0.15) is 0 Å². The van der Waals surface area contributed by atoms with E-state index in [-0.39, 0.29) is 157 Å². The third-order valence-corrected chi connectivity index (χ3v) is 40.4. The normalized spacial score (nSPS) is 10.4. The molecule has 16 rings (SSSR count). The van der Waals surface area contributed by atoms with Gasteiger partial charge in [0.15, 0.2) is 92.5 Å². The third kappa shape index (κ3) is 39.5. The number of hydrogen-bond acceptors (Lipinski definition) is 32. The molecule has 16 aromatic heterocycles. The fourth-order valence-corrected chi connectivity index (χ4v) is 28.5. The van der Waals surface area contributed by atoms with Gasteiger partial charge in [-0.3, -0.25) is 76.7 Å². The molecule has 0 aromatic carbocycles. The van der Waals surface area contributed by atoms with Gasteiger partial charge in [-0.1, -0.05) is 62.7 Å². The van der Waals surface area contributed by atoms with Gasteiger partial charge in [-0.25, -0.2) is 9.69 Å². The second kappa shape index (κ2) is 63.2. The number of Topliss-reactive ketones (excluding diaryl/α,β-unsaturated/α-hetero) is 16. The van der Waals surface area contributed by atoms with E-state index in [1.807, 2.05) is 159 Å². The van der Waals surface area contributed by atoms with Crippen LogP contribution in [0.2, 0.25) is 5.02 Å². The van der Waals surface area contributed by atoms with E-state index in [4.69, 9.17) is 24.7 Å². The Kier molecular flexibility index (Phi) is 52.1. The molecule has 0 saturated heterocycles. The zero-order valence-electron chi connectivity index (χ0n) is 78.1. The van der Waals surface area contributed by atoms with Gasteiger partial charge in [0.05, 0.1) is 96.2 Å². The minimum atomic E-state index is -0.137. The van der Waals surface area contributed by atoms with Crippen molar-refractivity contribution in [1.29, 1.82) is 0 Å². The molecule has 16 aromatic rings. The number of nitrogens with zero attached hydrogens (tertiary/aromatic N) is 2. The summed E-state index contributed by atoms with van der Waals surface area (Å²) in [5.74, 6) is 0.264. The number of carbonyl (C=O) groups excluding carboxylic acids is 16. The topological polar surface area (TPSA) is 282 Å². The van der Waals surface area contributed by atoms with E-state index in [2.05, 4.69) is 94.2 Å². The van der Waals surface area contributed by atoms with Crippen LogP contribution in [-0.4, -0.2) is 92.5 Å². The number of carbonyl (C=O) groups is 16. The first-order valence-electron chi connectivity index (χ1n) is 44.3. The van der Waals surface area contributed by atoms with Crippen molar-refractivity contribution in [3.05, 3.63) is 360 Å². The molecule has 0 unspecified atom stereocenters. The van der Waals surface area contributed by atoms with Crippen molar-refractivity contribution in [3.8, 4) is 0 Å². The van der Waals surface area contributed by atoms with Crippen molar-refractivity contribution < 1.29 is 76.7 Å². The highest BCUT2D eigenvalue weighted by Crippen LogP contribution is 2.35. The van der Waals surface area contributed by atoms with Crippen molar-refractivity contribution in [2.45, 2.75) is 157 Å². The van der Waals surface area contributed by atoms with Gasteiger partial charge in [-0.05, 0) is 278 Å². The van der Waals surface area contributed by atoms with Gasteiger partial charge in [-0.2, -0.15) is 22.7 Å². The molecule has 0 N–H and O–H groups in total. The van der Waals surface area contributed by atoms with E-state index in [0.717, 1.165) is 86.6 Å². The van der Waals surface area contributed by atoms with Crippen LogP contribution in [0.4, 0.5) is 10.7 Å². The van der Waals surface area contributed by atoms with E-state index in [0.29, 0.717) is 93.3 Å². The van der Waals surface area contributed by atoms with Crippen molar-refractivity contribution in [2.24, 2.45) is 0 Å². The standard InChI is InChI=1S/C16H18O2S2.C14H11NO2S2.C14H14O2S2.C13H8BrNO2S2.C13H11ClO2S2.C12H8Br2O2S2.C12H9BrO2S2.C12H10O2S2/c1-3-11-5-9-15(19-11)13(17)7-8-14(18)16-10-6-12(4-2)20-16;1-9-3-6-12(18-9)10(16)4-5-11(17)13-7-8-14(15-2)19-13;1-2-10-5-8-14(18-10)12(16)7-6-11(15)13-4-3-9-17-13;1-15-9-5-7-19-13(9)11(17)3-2-10(16)12-8(14)4-6-18-12;1-8-4-12(17-6-8)10(15)2-3-11(16)13-5-9(14)7-18-13;13-7-3-5-17-11(7)9(15)1-2-10(16)12-8(14)4-6-18-12;13-8-5-7-17-12(8)10(15)4-3-9(14)11-2-1-6-16-11;13-9(11-3-1-7-15-11)5-6-10(14)12-4-2-8-16-12/h5-6,9-10H,3-4,7-8H2,1-2H3;3,6-8H,4-5H2,1H3;3-5,8-9H,2,6-7H2,1H3;4-7H,2-3H2;4-7H,2-3H2,1H3;3-6H,1-2H2;1-2,5-7H,3-4H2;1-4,7-8H,5-6H2. The Hall–Kier alpha value is -8.89.